The molecule has 0 saturated carbocycles. The van der Waals surface area contributed by atoms with Crippen LogP contribution in [0.5, 0.6) is 0 Å². The normalized spacial score (nSPS) is 14.7. The molecule has 0 radical (unpaired) electrons. The fourth-order valence-electron chi connectivity index (χ4n) is 1.66. The van der Waals surface area contributed by atoms with Crippen LogP contribution in [0.15, 0.2) is 12.1 Å². The molecule has 0 aliphatic heterocycles. The van der Waals surface area contributed by atoms with Crippen LogP contribution in [-0.4, -0.2) is 18.3 Å². The first kappa shape index (κ1) is 14.0. The molecule has 0 saturated heterocycles. The Kier molecular flexibility index (Phi) is 4.96. The van der Waals surface area contributed by atoms with Gasteiger partial charge in [0.2, 0.25) is 0 Å². The van der Waals surface area contributed by atoms with Crippen molar-refractivity contribution in [1.29, 1.82) is 0 Å². The second kappa shape index (κ2) is 6.02. The number of hydrogen-bond acceptors (Lipinski definition) is 2. The van der Waals surface area contributed by atoms with Gasteiger partial charge in [-0.3, -0.25) is 0 Å². The largest absolute Gasteiger partial charge is 0.386 e. The van der Waals surface area contributed by atoms with Gasteiger partial charge in [-0.05, 0) is 12.5 Å². The van der Waals surface area contributed by atoms with Crippen molar-refractivity contribution < 1.29 is 23.0 Å². The molecule has 0 fully saturated rings. The highest BCUT2D eigenvalue weighted by molar-refractivity contribution is 5.23. The van der Waals surface area contributed by atoms with Gasteiger partial charge in [-0.1, -0.05) is 19.4 Å². The molecule has 2 unspecified atom stereocenters. The van der Waals surface area contributed by atoms with Crippen LogP contribution in [0.1, 0.15) is 31.4 Å². The van der Waals surface area contributed by atoms with Crippen molar-refractivity contribution in [2.75, 3.05) is 7.11 Å². The second-order valence-corrected chi connectivity index (χ2v) is 3.77. The second-order valence-electron chi connectivity index (χ2n) is 3.77. The average molecular weight is 248 g/mol. The van der Waals surface area contributed by atoms with Crippen LogP contribution < -0.4 is 0 Å². The number of halogens is 3. The molecule has 17 heavy (non-hydrogen) atoms. The number of methoxy groups -OCH3 is 1. The van der Waals surface area contributed by atoms with Crippen molar-refractivity contribution >= 4 is 0 Å². The van der Waals surface area contributed by atoms with Crippen LogP contribution in [-0.2, 0) is 4.74 Å². The van der Waals surface area contributed by atoms with Gasteiger partial charge in [-0.15, -0.1) is 0 Å². The molecule has 0 aliphatic carbocycles. The molecule has 0 aliphatic rings. The highest BCUT2D eigenvalue weighted by Gasteiger charge is 2.25. The minimum Gasteiger partial charge on any atom is -0.386 e. The third-order valence-corrected chi connectivity index (χ3v) is 2.61. The third kappa shape index (κ3) is 2.98. The van der Waals surface area contributed by atoms with Crippen LogP contribution in [0.3, 0.4) is 0 Å². The molecule has 96 valence electrons. The Hall–Kier alpha value is -1.07. The van der Waals surface area contributed by atoms with E-state index in [1.807, 2.05) is 6.92 Å². The number of benzene rings is 1. The van der Waals surface area contributed by atoms with E-state index >= 15 is 0 Å². The maximum Gasteiger partial charge on any atom is 0.194 e. The minimum absolute atomic E-state index is 0.288. The highest BCUT2D eigenvalue weighted by atomic mass is 19.2. The van der Waals surface area contributed by atoms with Crippen molar-refractivity contribution in [3.63, 3.8) is 0 Å². The monoisotopic (exact) mass is 248 g/mol. The predicted octanol–water partition coefficient (Wildman–Crippen LogP) is 2.95. The Labute approximate surface area is 98.0 Å². The molecule has 1 N–H and O–H groups in total. The van der Waals surface area contributed by atoms with E-state index in [-0.39, 0.29) is 5.56 Å². The molecule has 0 spiro atoms. The minimum atomic E-state index is -1.58. The molecule has 1 rings (SSSR count). The third-order valence-electron chi connectivity index (χ3n) is 2.61. The van der Waals surface area contributed by atoms with Crippen molar-refractivity contribution in [1.82, 2.24) is 0 Å². The van der Waals surface area contributed by atoms with Gasteiger partial charge in [-0.2, -0.15) is 0 Å². The molecule has 1 aromatic carbocycles. The van der Waals surface area contributed by atoms with Gasteiger partial charge in [0.15, 0.2) is 17.5 Å². The topological polar surface area (TPSA) is 29.5 Å². The standard InChI is InChI=1S/C12H15F3O2/c1-3-4-9(17-2)12(16)7-5-6-8(13)11(15)10(7)14/h5-6,9,12,16H,3-4H2,1-2H3. The van der Waals surface area contributed by atoms with E-state index < -0.39 is 29.7 Å². The van der Waals surface area contributed by atoms with Crippen molar-refractivity contribution in [2.45, 2.75) is 32.0 Å². The summed E-state index contributed by atoms with van der Waals surface area (Å²) in [7, 11) is 1.38. The zero-order chi connectivity index (χ0) is 13.0. The summed E-state index contributed by atoms with van der Waals surface area (Å²) in [6.07, 6.45) is -0.730. The van der Waals surface area contributed by atoms with Gasteiger partial charge >= 0.3 is 0 Å². The van der Waals surface area contributed by atoms with Crippen LogP contribution in [0, 0.1) is 17.5 Å². The van der Waals surface area contributed by atoms with E-state index in [0.717, 1.165) is 18.6 Å². The van der Waals surface area contributed by atoms with Crippen molar-refractivity contribution in [3.05, 3.63) is 35.1 Å². The molecule has 0 bridgehead atoms. The van der Waals surface area contributed by atoms with E-state index in [9.17, 15) is 18.3 Å². The number of aliphatic hydroxyl groups excluding tert-OH is 1. The first-order chi connectivity index (χ1) is 8.02. The van der Waals surface area contributed by atoms with Gasteiger partial charge in [0.05, 0.1) is 6.10 Å². The van der Waals surface area contributed by atoms with E-state index in [1.54, 1.807) is 0 Å². The van der Waals surface area contributed by atoms with E-state index in [0.29, 0.717) is 6.42 Å². The van der Waals surface area contributed by atoms with Crippen molar-refractivity contribution in [2.24, 2.45) is 0 Å². The molecule has 2 nitrogen and oxygen atoms in total. The first-order valence-electron chi connectivity index (χ1n) is 5.37. The molecular weight excluding hydrogens is 233 g/mol. The quantitative estimate of drug-likeness (QED) is 0.812. The molecule has 0 amide bonds. The van der Waals surface area contributed by atoms with Gasteiger partial charge in [0.1, 0.15) is 6.10 Å². The summed E-state index contributed by atoms with van der Waals surface area (Å²) in [5.41, 5.74) is -0.288. The Morgan fingerprint density at radius 1 is 1.24 bits per heavy atom. The summed E-state index contributed by atoms with van der Waals surface area (Å²) >= 11 is 0. The van der Waals surface area contributed by atoms with E-state index in [4.69, 9.17) is 4.74 Å². The fourth-order valence-corrected chi connectivity index (χ4v) is 1.66. The lowest BCUT2D eigenvalue weighted by Crippen LogP contribution is -2.22. The summed E-state index contributed by atoms with van der Waals surface area (Å²) in [5, 5.41) is 9.85. The lowest BCUT2D eigenvalue weighted by atomic mass is 10.00. The SMILES string of the molecule is CCCC(OC)C(O)c1ccc(F)c(F)c1F. The van der Waals surface area contributed by atoms with Crippen LogP contribution in [0.2, 0.25) is 0 Å². The van der Waals surface area contributed by atoms with E-state index in [1.165, 1.54) is 7.11 Å². The number of aliphatic hydroxyl groups is 1. The molecule has 0 aromatic heterocycles. The zero-order valence-corrected chi connectivity index (χ0v) is 9.71. The first-order valence-corrected chi connectivity index (χ1v) is 5.37. The number of rotatable bonds is 5. The lowest BCUT2D eigenvalue weighted by molar-refractivity contribution is -0.0198. The summed E-state index contributed by atoms with van der Waals surface area (Å²) in [5.74, 6) is -4.22. The molecular formula is C12H15F3O2. The predicted molar refractivity (Wildman–Crippen MR) is 57.0 cm³/mol. The highest BCUT2D eigenvalue weighted by Crippen LogP contribution is 2.26. The number of ether oxygens (including phenoxy) is 1. The molecule has 2 atom stereocenters. The Balaban J connectivity index is 3.03. The van der Waals surface area contributed by atoms with Crippen LogP contribution >= 0.6 is 0 Å². The average Bonchev–Trinajstić information content (AvgIpc) is 2.32. The van der Waals surface area contributed by atoms with Gasteiger partial charge in [0, 0.05) is 12.7 Å². The fraction of sp³-hybridized carbons (Fsp3) is 0.500. The Morgan fingerprint density at radius 3 is 2.41 bits per heavy atom. The van der Waals surface area contributed by atoms with Gasteiger partial charge < -0.3 is 9.84 Å². The molecule has 1 aromatic rings. The van der Waals surface area contributed by atoms with Crippen LogP contribution in [0.25, 0.3) is 0 Å². The zero-order valence-electron chi connectivity index (χ0n) is 9.71. The summed E-state index contributed by atoms with van der Waals surface area (Å²) < 4.78 is 44.1. The van der Waals surface area contributed by atoms with Crippen LogP contribution in [0.4, 0.5) is 13.2 Å². The summed E-state index contributed by atoms with van der Waals surface area (Å²) in [4.78, 5) is 0. The maximum atomic E-state index is 13.4. The molecule has 5 heteroatoms. The van der Waals surface area contributed by atoms with Gasteiger partial charge in [-0.25, -0.2) is 13.2 Å². The molecule has 0 heterocycles. The van der Waals surface area contributed by atoms with E-state index in [2.05, 4.69) is 0 Å². The van der Waals surface area contributed by atoms with Gasteiger partial charge in [0.25, 0.3) is 0 Å². The van der Waals surface area contributed by atoms with Crippen molar-refractivity contribution in [3.8, 4) is 0 Å². The summed E-state index contributed by atoms with van der Waals surface area (Å²) in [6.45, 7) is 1.88. The smallest absolute Gasteiger partial charge is 0.194 e. The Bertz CT molecular complexity index is 382. The summed E-state index contributed by atoms with van der Waals surface area (Å²) in [6, 6.07) is 1.82. The Morgan fingerprint density at radius 2 is 1.88 bits per heavy atom. The lowest BCUT2D eigenvalue weighted by Gasteiger charge is -2.21. The maximum absolute atomic E-state index is 13.4. The number of hydrogen-bond donors (Lipinski definition) is 1.